The van der Waals surface area contributed by atoms with E-state index in [-0.39, 0.29) is 24.8 Å². The molecule has 9 rings (SSSR count). The molecule has 0 spiro atoms. The van der Waals surface area contributed by atoms with Crippen molar-refractivity contribution >= 4 is 58.5 Å². The summed E-state index contributed by atoms with van der Waals surface area (Å²) in [5.74, 6) is 1.08. The van der Waals surface area contributed by atoms with E-state index in [0.717, 1.165) is 0 Å². The first kappa shape index (κ1) is 34.2. The Hall–Kier alpha value is -3.23. The van der Waals surface area contributed by atoms with E-state index in [4.69, 9.17) is 0 Å². The standard InChI is InChI=1S/2C22H19.C2H4.2ClH.Hf/c2*1-15(2)18-13-17-9-6-12-21(22(17)14-18)20-11-5-8-16-7-3-4-10-19(16)20;1-2;;;/h2*3-15H,1-2H3;1-2H2;2*1H;. The molecule has 1 aliphatic heterocycles. The third kappa shape index (κ3) is 5.35. The van der Waals surface area contributed by atoms with Gasteiger partial charge in [-0.2, -0.15) is 0 Å². The average Bonchev–Trinajstić information content (AvgIpc) is 3.60. The van der Waals surface area contributed by atoms with Crippen LogP contribution in [0.3, 0.4) is 0 Å². The monoisotopic (exact) mass is 846 g/mol. The molecule has 0 amide bonds. The summed E-state index contributed by atoms with van der Waals surface area (Å²) >= 11 is -3.05. The van der Waals surface area contributed by atoms with Gasteiger partial charge in [0.25, 0.3) is 0 Å². The summed E-state index contributed by atoms with van der Waals surface area (Å²) in [6, 6.07) is 46.0. The third-order valence-corrected chi connectivity index (χ3v) is 30.5. The largest absolute Gasteiger partial charge is 0.147 e. The van der Waals surface area contributed by atoms with Crippen LogP contribution in [0.25, 0.3) is 56.0 Å². The number of hydrogen-bond donors (Lipinski definition) is 0. The zero-order valence-electron chi connectivity index (χ0n) is 28.7. The van der Waals surface area contributed by atoms with Crippen molar-refractivity contribution in [3.8, 4) is 22.3 Å². The molecule has 0 N–H and O–H groups in total. The fourth-order valence-corrected chi connectivity index (χ4v) is 38.3. The summed E-state index contributed by atoms with van der Waals surface area (Å²) in [6.45, 7) is 9.80. The van der Waals surface area contributed by atoms with E-state index in [1.54, 1.807) is 22.3 Å². The fourth-order valence-electron chi connectivity index (χ4n) is 9.41. The summed E-state index contributed by atoms with van der Waals surface area (Å²) < 4.78 is 4.28. The second kappa shape index (κ2) is 13.1. The van der Waals surface area contributed by atoms with E-state index in [9.17, 15) is 0 Å². The summed E-state index contributed by atoms with van der Waals surface area (Å²) in [5.41, 5.74) is 15.3. The zero-order valence-corrected chi connectivity index (χ0v) is 34.0. The molecule has 3 heteroatoms. The first-order chi connectivity index (χ1) is 23.0. The molecule has 0 nitrogen and oxygen atoms in total. The average molecular weight is 846 g/mol. The van der Waals surface area contributed by atoms with E-state index < -0.39 is 20.0 Å². The van der Waals surface area contributed by atoms with Crippen LogP contribution in [-0.4, -0.2) is 0 Å². The van der Waals surface area contributed by atoms with E-state index in [0.29, 0.717) is 19.2 Å². The minimum absolute atomic E-state index is 0. The van der Waals surface area contributed by atoms with E-state index in [2.05, 4.69) is 161 Å². The smallest absolute Gasteiger partial charge is 0.147 e. The van der Waals surface area contributed by atoms with Crippen LogP contribution in [-0.2, 0) is 20.0 Å². The van der Waals surface area contributed by atoms with Crippen LogP contribution in [0.1, 0.15) is 57.3 Å². The van der Waals surface area contributed by atoms with Gasteiger partial charge >= 0.3 is 286 Å². The zero-order chi connectivity index (χ0) is 31.9. The van der Waals surface area contributed by atoms with Crippen molar-refractivity contribution in [2.24, 2.45) is 11.8 Å². The van der Waals surface area contributed by atoms with Gasteiger partial charge in [-0.15, -0.1) is 24.8 Å². The second-order valence-corrected chi connectivity index (χ2v) is 31.5. The second-order valence-electron chi connectivity index (χ2n) is 14.9. The first-order valence-corrected chi connectivity index (χ1v) is 26.8. The molecule has 246 valence electrons. The van der Waals surface area contributed by atoms with Crippen molar-refractivity contribution in [1.82, 2.24) is 0 Å². The molecule has 49 heavy (non-hydrogen) atoms. The molecule has 1 fully saturated rings. The van der Waals surface area contributed by atoms with Crippen LogP contribution in [0.2, 0.25) is 8.35 Å². The van der Waals surface area contributed by atoms with Crippen molar-refractivity contribution in [1.29, 1.82) is 0 Å². The predicted molar refractivity (Wildman–Crippen MR) is 214 cm³/mol. The van der Waals surface area contributed by atoms with Gasteiger partial charge < -0.3 is 0 Å². The van der Waals surface area contributed by atoms with E-state index in [1.165, 1.54) is 63.3 Å². The minimum Gasteiger partial charge on any atom is -0.147 e. The number of rotatable bonds is 6. The number of benzene rings is 6. The number of allylic oxidation sites excluding steroid dienone is 2. The Morgan fingerprint density at radius 2 is 0.816 bits per heavy atom. The number of fused-ring (bicyclic) bond motifs is 4. The first-order valence-electron chi connectivity index (χ1n) is 17.6. The van der Waals surface area contributed by atoms with Crippen LogP contribution in [0.5, 0.6) is 0 Å². The summed E-state index contributed by atoms with van der Waals surface area (Å²) in [5, 5.41) is 5.35. The summed E-state index contributed by atoms with van der Waals surface area (Å²) in [4.78, 5) is 0. The molecule has 6 aromatic rings. The maximum atomic E-state index is 2.66. The Morgan fingerprint density at radius 3 is 1.22 bits per heavy atom. The Morgan fingerprint density at radius 1 is 0.449 bits per heavy atom. The van der Waals surface area contributed by atoms with Gasteiger partial charge in [0.05, 0.1) is 0 Å². The molecule has 0 radical (unpaired) electrons. The maximum absolute atomic E-state index is 3.05. The van der Waals surface area contributed by atoms with Crippen LogP contribution in [0, 0.1) is 11.8 Å². The van der Waals surface area contributed by atoms with Gasteiger partial charge in [0.2, 0.25) is 0 Å². The fraction of sp³-hybridized carbons (Fsp3) is 0.217. The molecule has 1 heterocycles. The van der Waals surface area contributed by atoms with Gasteiger partial charge in [-0.1, -0.05) is 0 Å². The van der Waals surface area contributed by atoms with Crippen LogP contribution >= 0.6 is 24.8 Å². The van der Waals surface area contributed by atoms with Crippen LogP contribution in [0.4, 0.5) is 0 Å². The molecule has 0 bridgehead atoms. The SMILES string of the molecule is CC(C)C1=Cc2c(-c3cccc4ccccc34)cccc2[CH]1[Hf]1([CH]2C(C(C)C)=Cc3c(-c4cccc5ccccc45)cccc32)[CH2][CH2]1.Cl.Cl. The molecule has 1 saturated heterocycles. The van der Waals surface area contributed by atoms with Crippen molar-refractivity contribution < 1.29 is 20.0 Å². The summed E-state index contributed by atoms with van der Waals surface area (Å²) in [7, 11) is 0. The molecule has 2 unspecified atom stereocenters. The van der Waals surface area contributed by atoms with Crippen molar-refractivity contribution in [3.63, 3.8) is 0 Å². The van der Waals surface area contributed by atoms with Crippen LogP contribution in [0.15, 0.2) is 132 Å². The normalized spacial score (nSPS) is 18.5. The Bertz CT molecular complexity index is 2120. The summed E-state index contributed by atoms with van der Waals surface area (Å²) in [6.07, 6.45) is 5.31. The van der Waals surface area contributed by atoms with Gasteiger partial charge in [0.15, 0.2) is 0 Å². The maximum Gasteiger partial charge on any atom is -0.147 e. The quantitative estimate of drug-likeness (QED) is 0.147. The van der Waals surface area contributed by atoms with Crippen molar-refractivity contribution in [2.45, 2.75) is 43.4 Å². The van der Waals surface area contributed by atoms with Gasteiger partial charge in [0, 0.05) is 0 Å². The molecule has 3 aliphatic rings. The van der Waals surface area contributed by atoms with Gasteiger partial charge in [-0.25, -0.2) is 0 Å². The van der Waals surface area contributed by atoms with Gasteiger partial charge in [0.1, 0.15) is 0 Å². The number of hydrogen-bond acceptors (Lipinski definition) is 0. The Balaban J connectivity index is 0.00000189. The minimum atomic E-state index is -3.05. The van der Waals surface area contributed by atoms with E-state index >= 15 is 0 Å². The Labute approximate surface area is 308 Å². The topological polar surface area (TPSA) is 0 Å². The molecule has 0 saturated carbocycles. The van der Waals surface area contributed by atoms with Crippen molar-refractivity contribution in [2.75, 3.05) is 0 Å². The van der Waals surface area contributed by atoms with Crippen molar-refractivity contribution in [3.05, 3.63) is 155 Å². The third-order valence-electron chi connectivity index (χ3n) is 11.7. The molecular formula is C46H44Cl2Hf. The van der Waals surface area contributed by atoms with Gasteiger partial charge in [-0.3, -0.25) is 0 Å². The molecule has 0 aromatic heterocycles. The molecule has 2 aliphatic carbocycles. The molecule has 2 atom stereocenters. The van der Waals surface area contributed by atoms with E-state index in [1.807, 2.05) is 0 Å². The van der Waals surface area contributed by atoms with Crippen LogP contribution < -0.4 is 0 Å². The number of halogens is 2. The van der Waals surface area contributed by atoms with Gasteiger partial charge in [-0.05, 0) is 0 Å². The molecular weight excluding hydrogens is 802 g/mol. The Kier molecular flexibility index (Phi) is 9.18. The predicted octanol–water partition coefficient (Wildman–Crippen LogP) is 14.1. The molecule has 6 aromatic carbocycles.